The Labute approximate surface area is 355 Å². The summed E-state index contributed by atoms with van der Waals surface area (Å²) in [5, 5.41) is 0. The Balaban J connectivity index is -0.000000566. The van der Waals surface area contributed by atoms with Gasteiger partial charge in [-0.25, -0.2) is 4.98 Å². The summed E-state index contributed by atoms with van der Waals surface area (Å²) >= 11 is 2.06. The number of imidazole rings is 1. The van der Waals surface area contributed by atoms with Crippen molar-refractivity contribution < 1.29 is 4.74 Å². The number of nitrogens with zero attached hydrogens (tertiary/aromatic N) is 11. The third kappa shape index (κ3) is 45.9. The van der Waals surface area contributed by atoms with Gasteiger partial charge in [0.2, 0.25) is 0 Å². The van der Waals surface area contributed by atoms with Gasteiger partial charge in [-0.1, -0.05) is 21.3 Å². The van der Waals surface area contributed by atoms with Crippen molar-refractivity contribution >= 4 is 11.8 Å². The van der Waals surface area contributed by atoms with Gasteiger partial charge in [-0.05, 0) is 149 Å². The van der Waals surface area contributed by atoms with Crippen molar-refractivity contribution in [2.24, 2.45) is 7.05 Å². The summed E-state index contributed by atoms with van der Waals surface area (Å²) in [5.74, 6) is 2.66. The molecule has 0 amide bonds. The molecule has 0 atom stereocenters. The monoisotopic (exact) mass is 818 g/mol. The molecule has 0 unspecified atom stereocenters. The second kappa shape index (κ2) is 40.9. The summed E-state index contributed by atoms with van der Waals surface area (Å²) in [5.41, 5.74) is 0. The van der Waals surface area contributed by atoms with Gasteiger partial charge in [0, 0.05) is 96.4 Å². The Morgan fingerprint density at radius 2 is 0.732 bits per heavy atom. The molecule has 1 aromatic heterocycles. The third-order valence-electron chi connectivity index (χ3n) is 9.49. The second-order valence-corrected chi connectivity index (χ2v) is 17.6. The maximum absolute atomic E-state index is 5.10. The number of aryl methyl sites for hydroxylation is 1. The fraction of sp³-hybridized carbons (Fsp3) is 0.930. The molecule has 0 aromatic carbocycles. The Kier molecular flexibility index (Phi) is 43.5. The SMILES string of the molecule is C.C.CN(C)C.CN1CC1.CN1CCC1.CN1CCCC1.CN1CCCCC1.CN1CCN(C)CC1.CN1CCOCC1.CN1CCSCC1.Cn1ccnc1. The van der Waals surface area contributed by atoms with Gasteiger partial charge in [0.05, 0.1) is 19.5 Å². The lowest BCUT2D eigenvalue weighted by atomic mass is 10.1. The predicted octanol–water partition coefficient (Wildman–Crippen LogP) is 4.41. The van der Waals surface area contributed by atoms with Crippen LogP contribution in [0.1, 0.15) is 53.4 Å². The summed E-state index contributed by atoms with van der Waals surface area (Å²) in [6.07, 6.45) is 13.9. The highest BCUT2D eigenvalue weighted by Gasteiger charge is 2.09. The minimum absolute atomic E-state index is 0. The first-order valence-electron chi connectivity index (χ1n) is 20.9. The Hall–Kier alpha value is -0.840. The van der Waals surface area contributed by atoms with Crippen molar-refractivity contribution in [2.75, 3.05) is 207 Å². The summed E-state index contributed by atoms with van der Waals surface area (Å²) in [6, 6.07) is 0. The van der Waals surface area contributed by atoms with Gasteiger partial charge in [-0.15, -0.1) is 0 Å². The number of rotatable bonds is 0. The van der Waals surface area contributed by atoms with Crippen LogP contribution in [0.3, 0.4) is 0 Å². The van der Waals surface area contributed by atoms with Crippen LogP contribution in [0, 0.1) is 0 Å². The van der Waals surface area contributed by atoms with E-state index < -0.39 is 0 Å². The fourth-order valence-electron chi connectivity index (χ4n) is 5.04. The van der Waals surface area contributed by atoms with E-state index in [-0.39, 0.29) is 14.9 Å². The zero-order chi connectivity index (χ0) is 40.4. The number of morpholine rings is 1. The Morgan fingerprint density at radius 1 is 0.429 bits per heavy atom. The Bertz CT molecular complexity index is 810. The first-order chi connectivity index (χ1) is 25.8. The van der Waals surface area contributed by atoms with E-state index in [1.54, 1.807) is 12.5 Å². The molecule has 56 heavy (non-hydrogen) atoms. The summed E-state index contributed by atoms with van der Waals surface area (Å²) in [7, 11) is 25.2. The van der Waals surface area contributed by atoms with Crippen molar-refractivity contribution in [1.82, 2.24) is 53.7 Å². The molecule has 0 aliphatic carbocycles. The second-order valence-electron chi connectivity index (χ2n) is 16.3. The number of thioether (sulfide) groups is 1. The molecule has 1 aromatic rings. The molecule has 0 bridgehead atoms. The van der Waals surface area contributed by atoms with Crippen LogP contribution in [0.4, 0.5) is 0 Å². The lowest BCUT2D eigenvalue weighted by Crippen LogP contribution is -2.42. The van der Waals surface area contributed by atoms with Gasteiger partial charge in [-0.2, -0.15) is 11.8 Å². The molecule has 13 heteroatoms. The number of piperazine rings is 1. The van der Waals surface area contributed by atoms with Gasteiger partial charge >= 0.3 is 0 Å². The zero-order valence-corrected chi connectivity index (χ0v) is 38.7. The Morgan fingerprint density at radius 3 is 0.893 bits per heavy atom. The smallest absolute Gasteiger partial charge is 0.0943 e. The molecular weight excluding hydrogens is 719 g/mol. The average Bonchev–Trinajstić information content (AvgIpc) is 3.51. The number of ether oxygens (including phenoxy) is 1. The summed E-state index contributed by atoms with van der Waals surface area (Å²) < 4.78 is 6.99. The molecule has 338 valence electrons. The first kappa shape index (κ1) is 59.5. The molecule has 0 N–H and O–H groups in total. The van der Waals surface area contributed by atoms with Crippen molar-refractivity contribution in [3.63, 3.8) is 0 Å². The van der Waals surface area contributed by atoms with Crippen LogP contribution in [-0.2, 0) is 11.8 Å². The minimum Gasteiger partial charge on any atom is -0.379 e. The fourth-order valence-corrected chi connectivity index (χ4v) is 6.13. The normalized spacial score (nSPS) is 21.7. The molecule has 0 radical (unpaired) electrons. The van der Waals surface area contributed by atoms with E-state index in [1.165, 1.54) is 142 Å². The molecule has 7 aliphatic heterocycles. The van der Waals surface area contributed by atoms with Crippen LogP contribution in [0.5, 0.6) is 0 Å². The molecule has 7 fully saturated rings. The third-order valence-corrected chi connectivity index (χ3v) is 10.4. The number of piperidine rings is 1. The van der Waals surface area contributed by atoms with Crippen molar-refractivity contribution in [3.05, 3.63) is 18.7 Å². The maximum Gasteiger partial charge on any atom is 0.0943 e. The standard InChI is InChI=1S/C6H14N2.C6H13N.C5H11NO.C5H11NS.C5H11N.C4H6N2.C4H9N.C3H7N.C3H9N.2CH4/c1-7-3-5-8(2)6-4-7;1-7-5-3-2-4-6-7;2*1-6-2-4-7-5-3-6;1-6-4-2-3-5-6;1-6-3-2-5-4-6;1-5-3-2-4-5;1-4-2-3-4;1-4(2)3;;/h3-6H2,1-2H3;2-6H2,1H3;2*2-5H2,1H3;2-5H2,1H3;2-4H,1H3;2-4H2,1H3;2-3H2,1H3;1-3H3;2*1H4. The van der Waals surface area contributed by atoms with Crippen LogP contribution in [0.2, 0.25) is 0 Å². The largest absolute Gasteiger partial charge is 0.379 e. The molecule has 0 saturated carbocycles. The van der Waals surface area contributed by atoms with E-state index in [0.717, 1.165) is 26.3 Å². The molecular formula is C43H99N11OS. The summed E-state index contributed by atoms with van der Waals surface area (Å²) in [6.45, 7) is 22.1. The van der Waals surface area contributed by atoms with Crippen LogP contribution >= 0.6 is 11.8 Å². The van der Waals surface area contributed by atoms with Crippen molar-refractivity contribution in [2.45, 2.75) is 53.4 Å². The lowest BCUT2D eigenvalue weighted by molar-refractivity contribution is 0.0503. The van der Waals surface area contributed by atoms with Crippen LogP contribution in [0.25, 0.3) is 0 Å². The molecule has 0 spiro atoms. The van der Waals surface area contributed by atoms with E-state index in [2.05, 4.69) is 112 Å². The van der Waals surface area contributed by atoms with E-state index in [0.29, 0.717) is 0 Å². The molecule has 8 rings (SSSR count). The topological polar surface area (TPSA) is 56.0 Å². The number of likely N-dealkylation sites (N-methyl/N-ethyl adjacent to an activating group) is 4. The maximum atomic E-state index is 5.10. The van der Waals surface area contributed by atoms with Crippen molar-refractivity contribution in [1.29, 1.82) is 0 Å². The number of hydrogen-bond acceptors (Lipinski definition) is 12. The van der Waals surface area contributed by atoms with Crippen molar-refractivity contribution in [3.8, 4) is 0 Å². The van der Waals surface area contributed by atoms with E-state index in [1.807, 2.05) is 43.9 Å². The lowest BCUT2D eigenvalue weighted by Gasteiger charge is -2.28. The first-order valence-corrected chi connectivity index (χ1v) is 22.1. The molecule has 7 aliphatic rings. The van der Waals surface area contributed by atoms with Gasteiger partial charge in [0.25, 0.3) is 0 Å². The highest BCUT2D eigenvalue weighted by molar-refractivity contribution is 7.99. The number of likely N-dealkylation sites (tertiary alicyclic amines) is 3. The zero-order valence-electron chi connectivity index (χ0n) is 37.9. The highest BCUT2D eigenvalue weighted by Crippen LogP contribution is 2.06. The van der Waals surface area contributed by atoms with E-state index in [9.17, 15) is 0 Å². The van der Waals surface area contributed by atoms with Crippen LogP contribution < -0.4 is 0 Å². The van der Waals surface area contributed by atoms with Gasteiger partial charge in [0.15, 0.2) is 0 Å². The minimum atomic E-state index is 0. The van der Waals surface area contributed by atoms with Crippen LogP contribution in [-0.4, -0.2) is 261 Å². The number of hydrogen-bond donors (Lipinski definition) is 0. The molecule has 12 nitrogen and oxygen atoms in total. The van der Waals surface area contributed by atoms with E-state index in [4.69, 9.17) is 4.74 Å². The van der Waals surface area contributed by atoms with E-state index >= 15 is 0 Å². The molecule has 7 saturated heterocycles. The quantitative estimate of drug-likeness (QED) is 0.349. The van der Waals surface area contributed by atoms with Gasteiger partial charge in [0.1, 0.15) is 0 Å². The predicted molar refractivity (Wildman–Crippen MR) is 252 cm³/mol. The number of aromatic nitrogens is 2. The van der Waals surface area contributed by atoms with Crippen LogP contribution in [0.15, 0.2) is 18.7 Å². The molecule has 8 heterocycles. The van der Waals surface area contributed by atoms with Gasteiger partial charge in [-0.3, -0.25) is 0 Å². The van der Waals surface area contributed by atoms with Gasteiger partial charge < -0.3 is 53.4 Å². The average molecular weight is 818 g/mol. The summed E-state index contributed by atoms with van der Waals surface area (Å²) in [4.78, 5) is 24.5. The highest BCUT2D eigenvalue weighted by atomic mass is 32.2.